The molecule has 0 radical (unpaired) electrons. The lowest BCUT2D eigenvalue weighted by Crippen LogP contribution is -2.37. The maximum atomic E-state index is 11.6. The predicted molar refractivity (Wildman–Crippen MR) is 80.8 cm³/mol. The molecule has 0 aromatic carbocycles. The van der Waals surface area contributed by atoms with E-state index in [1.54, 1.807) is 0 Å². The first-order chi connectivity index (χ1) is 9.83. The molecular weight excluding hydrogens is 254 g/mol. The van der Waals surface area contributed by atoms with E-state index in [-0.39, 0.29) is 5.97 Å². The van der Waals surface area contributed by atoms with Crippen LogP contribution in [0, 0.1) is 0 Å². The van der Waals surface area contributed by atoms with Gasteiger partial charge in [0, 0.05) is 19.5 Å². The van der Waals surface area contributed by atoms with E-state index in [1.165, 1.54) is 32.1 Å². The smallest absolute Gasteiger partial charge is 0.305 e. The third-order valence-corrected chi connectivity index (χ3v) is 3.72. The molecule has 0 saturated carbocycles. The van der Waals surface area contributed by atoms with Crippen molar-refractivity contribution in [1.29, 1.82) is 0 Å². The van der Waals surface area contributed by atoms with Gasteiger partial charge in [-0.15, -0.1) is 0 Å². The number of nitrogens with zero attached hydrogens (tertiary/aromatic N) is 1. The number of hydrogen-bond acceptors (Lipinski definition) is 4. The lowest BCUT2D eigenvalue weighted by Gasteiger charge is -2.26. The van der Waals surface area contributed by atoms with Gasteiger partial charge in [-0.25, -0.2) is 0 Å². The van der Waals surface area contributed by atoms with E-state index in [1.807, 2.05) is 0 Å². The quantitative estimate of drug-likeness (QED) is 0.432. The molecule has 0 atom stereocenters. The number of morpholine rings is 1. The van der Waals surface area contributed by atoms with Crippen LogP contribution in [0.1, 0.15) is 58.3 Å². The first-order valence-corrected chi connectivity index (χ1v) is 8.28. The number of esters is 1. The van der Waals surface area contributed by atoms with Crippen molar-refractivity contribution in [2.75, 3.05) is 39.5 Å². The second kappa shape index (κ2) is 12.2. The Morgan fingerprint density at radius 2 is 1.75 bits per heavy atom. The molecule has 0 aromatic heterocycles. The second-order valence-corrected chi connectivity index (χ2v) is 5.55. The summed E-state index contributed by atoms with van der Waals surface area (Å²) in [6.45, 7) is 7.43. The standard InChI is InChI=1S/C16H31NO3/c1-2-3-4-5-6-7-13-20-16(18)9-8-10-17-11-14-19-15-12-17/h2-15H2,1H3. The average Bonchev–Trinajstić information content (AvgIpc) is 2.47. The lowest BCUT2D eigenvalue weighted by molar-refractivity contribution is -0.144. The van der Waals surface area contributed by atoms with Gasteiger partial charge in [0.15, 0.2) is 0 Å². The van der Waals surface area contributed by atoms with Gasteiger partial charge in [0.05, 0.1) is 19.8 Å². The number of rotatable bonds is 11. The second-order valence-electron chi connectivity index (χ2n) is 5.55. The number of unbranched alkanes of at least 4 members (excludes halogenated alkanes) is 5. The summed E-state index contributed by atoms with van der Waals surface area (Å²) in [6.07, 6.45) is 8.81. The van der Waals surface area contributed by atoms with Crippen LogP contribution in [0.25, 0.3) is 0 Å². The molecule has 1 heterocycles. The highest BCUT2D eigenvalue weighted by Crippen LogP contribution is 2.06. The Labute approximate surface area is 123 Å². The third-order valence-electron chi connectivity index (χ3n) is 3.72. The third kappa shape index (κ3) is 9.32. The fourth-order valence-corrected chi connectivity index (χ4v) is 2.41. The summed E-state index contributed by atoms with van der Waals surface area (Å²) >= 11 is 0. The molecule has 118 valence electrons. The van der Waals surface area contributed by atoms with Crippen LogP contribution in [0.15, 0.2) is 0 Å². The Balaban J connectivity index is 1.85. The maximum Gasteiger partial charge on any atom is 0.305 e. The molecule has 1 fully saturated rings. The SMILES string of the molecule is CCCCCCCCOC(=O)CCCN1CCOCC1. The van der Waals surface area contributed by atoms with Gasteiger partial charge in [-0.2, -0.15) is 0 Å². The van der Waals surface area contributed by atoms with E-state index in [0.29, 0.717) is 13.0 Å². The Morgan fingerprint density at radius 1 is 1.05 bits per heavy atom. The van der Waals surface area contributed by atoms with Crippen LogP contribution in [-0.2, 0) is 14.3 Å². The highest BCUT2D eigenvalue weighted by atomic mass is 16.5. The molecule has 0 spiro atoms. The lowest BCUT2D eigenvalue weighted by atomic mass is 10.1. The summed E-state index contributed by atoms with van der Waals surface area (Å²) in [7, 11) is 0. The van der Waals surface area contributed by atoms with E-state index >= 15 is 0 Å². The monoisotopic (exact) mass is 285 g/mol. The van der Waals surface area contributed by atoms with Crippen molar-refractivity contribution in [1.82, 2.24) is 4.90 Å². The minimum atomic E-state index is -0.0354. The van der Waals surface area contributed by atoms with E-state index in [0.717, 1.165) is 45.7 Å². The summed E-state index contributed by atoms with van der Waals surface area (Å²) in [5.41, 5.74) is 0. The summed E-state index contributed by atoms with van der Waals surface area (Å²) in [4.78, 5) is 13.9. The summed E-state index contributed by atoms with van der Waals surface area (Å²) < 4.78 is 10.6. The molecule has 4 nitrogen and oxygen atoms in total. The Hall–Kier alpha value is -0.610. The van der Waals surface area contributed by atoms with Crippen molar-refractivity contribution in [3.05, 3.63) is 0 Å². The fraction of sp³-hybridized carbons (Fsp3) is 0.938. The molecule has 4 heteroatoms. The number of carbonyl (C=O) groups excluding carboxylic acids is 1. The van der Waals surface area contributed by atoms with Gasteiger partial charge in [0.2, 0.25) is 0 Å². The van der Waals surface area contributed by atoms with Crippen molar-refractivity contribution in [2.45, 2.75) is 58.3 Å². The molecule has 1 saturated heterocycles. The van der Waals surface area contributed by atoms with Crippen LogP contribution in [-0.4, -0.2) is 50.3 Å². The first kappa shape index (κ1) is 17.4. The van der Waals surface area contributed by atoms with Crippen molar-refractivity contribution in [2.24, 2.45) is 0 Å². The molecule has 20 heavy (non-hydrogen) atoms. The van der Waals surface area contributed by atoms with Crippen LogP contribution in [0.4, 0.5) is 0 Å². The van der Waals surface area contributed by atoms with Gasteiger partial charge >= 0.3 is 5.97 Å². The van der Waals surface area contributed by atoms with E-state index in [4.69, 9.17) is 9.47 Å². The average molecular weight is 285 g/mol. The molecule has 1 rings (SSSR count). The minimum absolute atomic E-state index is 0.0354. The van der Waals surface area contributed by atoms with Crippen LogP contribution >= 0.6 is 0 Å². The fourth-order valence-electron chi connectivity index (χ4n) is 2.41. The van der Waals surface area contributed by atoms with Gasteiger partial charge < -0.3 is 9.47 Å². The summed E-state index contributed by atoms with van der Waals surface area (Å²) in [6, 6.07) is 0. The van der Waals surface area contributed by atoms with Crippen molar-refractivity contribution >= 4 is 5.97 Å². The molecule has 0 amide bonds. The highest BCUT2D eigenvalue weighted by Gasteiger charge is 2.10. The van der Waals surface area contributed by atoms with Gasteiger partial charge in [-0.1, -0.05) is 39.0 Å². The Kier molecular flexibility index (Phi) is 10.6. The molecule has 0 bridgehead atoms. The summed E-state index contributed by atoms with van der Waals surface area (Å²) in [5.74, 6) is -0.0354. The van der Waals surface area contributed by atoms with Gasteiger partial charge in [0.1, 0.15) is 0 Å². The van der Waals surface area contributed by atoms with E-state index < -0.39 is 0 Å². The van der Waals surface area contributed by atoms with Crippen molar-refractivity contribution < 1.29 is 14.3 Å². The Morgan fingerprint density at radius 3 is 2.50 bits per heavy atom. The molecule has 0 aromatic rings. The molecule has 0 N–H and O–H groups in total. The minimum Gasteiger partial charge on any atom is -0.466 e. The van der Waals surface area contributed by atoms with Crippen molar-refractivity contribution in [3.63, 3.8) is 0 Å². The molecule has 0 aliphatic carbocycles. The zero-order valence-corrected chi connectivity index (χ0v) is 13.1. The number of hydrogen-bond donors (Lipinski definition) is 0. The van der Waals surface area contributed by atoms with E-state index in [2.05, 4.69) is 11.8 Å². The van der Waals surface area contributed by atoms with Crippen LogP contribution in [0.5, 0.6) is 0 Å². The van der Waals surface area contributed by atoms with Gasteiger partial charge in [-0.05, 0) is 19.4 Å². The molecule has 1 aliphatic heterocycles. The van der Waals surface area contributed by atoms with Gasteiger partial charge in [-0.3, -0.25) is 9.69 Å². The van der Waals surface area contributed by atoms with Crippen LogP contribution < -0.4 is 0 Å². The highest BCUT2D eigenvalue weighted by molar-refractivity contribution is 5.69. The number of carbonyl (C=O) groups is 1. The maximum absolute atomic E-state index is 11.6. The zero-order chi connectivity index (χ0) is 14.5. The summed E-state index contributed by atoms with van der Waals surface area (Å²) in [5, 5.41) is 0. The molecular formula is C16H31NO3. The largest absolute Gasteiger partial charge is 0.466 e. The topological polar surface area (TPSA) is 38.8 Å². The van der Waals surface area contributed by atoms with Gasteiger partial charge in [0.25, 0.3) is 0 Å². The van der Waals surface area contributed by atoms with Crippen molar-refractivity contribution in [3.8, 4) is 0 Å². The molecule has 1 aliphatic rings. The van der Waals surface area contributed by atoms with Crippen LogP contribution in [0.3, 0.4) is 0 Å². The van der Waals surface area contributed by atoms with E-state index in [9.17, 15) is 4.79 Å². The first-order valence-electron chi connectivity index (χ1n) is 8.28. The normalized spacial score (nSPS) is 16.2. The predicted octanol–water partition coefficient (Wildman–Crippen LogP) is 3.00. The zero-order valence-electron chi connectivity index (χ0n) is 13.1. The van der Waals surface area contributed by atoms with Crippen LogP contribution in [0.2, 0.25) is 0 Å². The Bertz CT molecular complexity index is 240. The number of ether oxygens (including phenoxy) is 2. The molecule has 0 unspecified atom stereocenters.